The number of hydrogen-bond donors (Lipinski definition) is 1. The Kier molecular flexibility index (Phi) is 9.57. The summed E-state index contributed by atoms with van der Waals surface area (Å²) < 4.78 is 1.91. The lowest BCUT2D eigenvalue weighted by atomic mass is 10.1. The number of guanidine groups is 1. The van der Waals surface area contributed by atoms with E-state index in [1.807, 2.05) is 11.7 Å². The number of nitrogens with one attached hydrogen (secondary N) is 1. The number of rotatable bonds is 10. The Bertz CT molecular complexity index is 520. The number of aryl methyl sites for hydroxylation is 1. The van der Waals surface area contributed by atoms with Gasteiger partial charge in [0.05, 0.1) is 12.2 Å². The van der Waals surface area contributed by atoms with Crippen molar-refractivity contribution < 1.29 is 0 Å². The minimum absolute atomic E-state index is 0.427. The van der Waals surface area contributed by atoms with Crippen LogP contribution in [0.3, 0.4) is 0 Å². The van der Waals surface area contributed by atoms with E-state index in [-0.39, 0.29) is 0 Å². The van der Waals surface area contributed by atoms with Crippen LogP contribution in [0.2, 0.25) is 0 Å². The predicted octanol–water partition coefficient (Wildman–Crippen LogP) is 2.67. The van der Waals surface area contributed by atoms with Gasteiger partial charge in [-0.15, -0.1) is 0 Å². The minimum Gasteiger partial charge on any atom is -0.357 e. The van der Waals surface area contributed by atoms with Crippen LogP contribution in [0, 0.1) is 0 Å². The Morgan fingerprint density at radius 2 is 2.00 bits per heavy atom. The molecule has 0 unspecified atom stereocenters. The van der Waals surface area contributed by atoms with Crippen LogP contribution in [0.25, 0.3) is 0 Å². The predicted molar refractivity (Wildman–Crippen MR) is 107 cm³/mol. The molecular weight excluding hydrogens is 312 g/mol. The fourth-order valence-electron chi connectivity index (χ4n) is 3.00. The Morgan fingerprint density at radius 3 is 2.56 bits per heavy atom. The normalized spacial score (nSPS) is 12.3. The molecule has 1 aromatic rings. The molecule has 144 valence electrons. The molecule has 0 fully saturated rings. The fourth-order valence-corrected chi connectivity index (χ4v) is 3.00. The Morgan fingerprint density at radius 1 is 1.28 bits per heavy atom. The summed E-state index contributed by atoms with van der Waals surface area (Å²) in [5.74, 6) is 1.39. The van der Waals surface area contributed by atoms with Gasteiger partial charge in [-0.2, -0.15) is 5.10 Å². The van der Waals surface area contributed by atoms with Crippen LogP contribution in [-0.4, -0.2) is 65.3 Å². The van der Waals surface area contributed by atoms with E-state index < -0.39 is 0 Å². The summed E-state index contributed by atoms with van der Waals surface area (Å²) in [6.45, 7) is 16.7. The van der Waals surface area contributed by atoms with Crippen LogP contribution in [0.1, 0.15) is 58.2 Å². The maximum Gasteiger partial charge on any atom is 0.194 e. The summed E-state index contributed by atoms with van der Waals surface area (Å²) >= 11 is 0. The molecular formula is C19H38N6. The Labute approximate surface area is 154 Å². The van der Waals surface area contributed by atoms with E-state index in [9.17, 15) is 0 Å². The van der Waals surface area contributed by atoms with Crippen LogP contribution >= 0.6 is 0 Å². The topological polar surface area (TPSA) is 48.7 Å². The third-order valence-electron chi connectivity index (χ3n) is 4.25. The molecule has 0 amide bonds. The Balaban J connectivity index is 2.75. The van der Waals surface area contributed by atoms with E-state index in [0.717, 1.165) is 45.2 Å². The molecule has 0 bridgehead atoms. The summed E-state index contributed by atoms with van der Waals surface area (Å²) in [7, 11) is 4.09. The highest BCUT2D eigenvalue weighted by atomic mass is 15.3. The molecule has 0 spiro atoms. The van der Waals surface area contributed by atoms with Gasteiger partial charge >= 0.3 is 0 Å². The number of likely N-dealkylation sites (N-methyl/N-ethyl adjacent to an activating group) is 1. The van der Waals surface area contributed by atoms with Crippen molar-refractivity contribution in [2.75, 3.05) is 39.8 Å². The standard InChI is InChI=1S/C19H38N6/c1-8-12-25(10-3)13-11-21-19(20-9-2)23(6)14-17-15-24(7)22-18(17)16(4)5/h15-16H,8-14H2,1-7H3,(H,20,21). The maximum atomic E-state index is 4.82. The van der Waals surface area contributed by atoms with Crippen LogP contribution in [0.5, 0.6) is 0 Å². The van der Waals surface area contributed by atoms with Crippen LogP contribution in [-0.2, 0) is 13.6 Å². The van der Waals surface area contributed by atoms with E-state index in [2.05, 4.69) is 68.1 Å². The summed E-state index contributed by atoms with van der Waals surface area (Å²) in [6, 6.07) is 0. The van der Waals surface area contributed by atoms with E-state index in [1.54, 1.807) is 0 Å². The van der Waals surface area contributed by atoms with Gasteiger partial charge in [0.1, 0.15) is 0 Å². The van der Waals surface area contributed by atoms with Crippen molar-refractivity contribution in [3.05, 3.63) is 17.5 Å². The lowest BCUT2D eigenvalue weighted by Gasteiger charge is -2.23. The largest absolute Gasteiger partial charge is 0.357 e. The molecule has 0 radical (unpaired) electrons. The number of nitrogens with zero attached hydrogens (tertiary/aromatic N) is 5. The van der Waals surface area contributed by atoms with Gasteiger partial charge in [0.25, 0.3) is 0 Å². The van der Waals surface area contributed by atoms with Crippen molar-refractivity contribution in [1.82, 2.24) is 24.9 Å². The molecule has 25 heavy (non-hydrogen) atoms. The molecule has 6 heteroatoms. The quantitative estimate of drug-likeness (QED) is 0.521. The van der Waals surface area contributed by atoms with E-state index >= 15 is 0 Å². The van der Waals surface area contributed by atoms with Gasteiger partial charge in [-0.05, 0) is 32.4 Å². The van der Waals surface area contributed by atoms with Crippen LogP contribution < -0.4 is 5.32 Å². The van der Waals surface area contributed by atoms with E-state index in [0.29, 0.717) is 5.92 Å². The molecule has 0 aliphatic rings. The minimum atomic E-state index is 0.427. The summed E-state index contributed by atoms with van der Waals surface area (Å²) in [5, 5.41) is 8.02. The summed E-state index contributed by atoms with van der Waals surface area (Å²) in [4.78, 5) is 9.47. The average molecular weight is 351 g/mol. The van der Waals surface area contributed by atoms with Crippen molar-refractivity contribution >= 4 is 5.96 Å². The van der Waals surface area contributed by atoms with E-state index in [1.165, 1.54) is 17.7 Å². The summed E-state index contributed by atoms with van der Waals surface area (Å²) in [5.41, 5.74) is 2.44. The first-order valence-corrected chi connectivity index (χ1v) is 9.67. The first kappa shape index (κ1) is 21.5. The highest BCUT2D eigenvalue weighted by Gasteiger charge is 2.15. The molecule has 0 aliphatic heterocycles. The average Bonchev–Trinajstić information content (AvgIpc) is 2.93. The van der Waals surface area contributed by atoms with Gasteiger partial charge in [0, 0.05) is 45.5 Å². The third kappa shape index (κ3) is 7.06. The van der Waals surface area contributed by atoms with Crippen LogP contribution in [0.15, 0.2) is 11.2 Å². The maximum absolute atomic E-state index is 4.82. The monoisotopic (exact) mass is 350 g/mol. The van der Waals surface area contributed by atoms with Crippen molar-refractivity contribution in [1.29, 1.82) is 0 Å². The van der Waals surface area contributed by atoms with Crippen molar-refractivity contribution in [2.45, 2.75) is 53.5 Å². The second-order valence-corrected chi connectivity index (χ2v) is 6.89. The molecule has 1 rings (SSSR count). The zero-order valence-corrected chi connectivity index (χ0v) is 17.3. The van der Waals surface area contributed by atoms with Crippen LogP contribution in [0.4, 0.5) is 0 Å². The highest BCUT2D eigenvalue weighted by Crippen LogP contribution is 2.18. The Hall–Kier alpha value is -1.56. The van der Waals surface area contributed by atoms with Crippen molar-refractivity contribution in [2.24, 2.45) is 12.0 Å². The van der Waals surface area contributed by atoms with Gasteiger partial charge < -0.3 is 15.1 Å². The SMILES string of the molecule is CCCN(CC)CCN=C(NCC)N(C)Cc1cn(C)nc1C(C)C. The first-order valence-electron chi connectivity index (χ1n) is 9.67. The molecule has 1 heterocycles. The summed E-state index contributed by atoms with van der Waals surface area (Å²) in [6.07, 6.45) is 3.31. The molecule has 0 aromatic carbocycles. The van der Waals surface area contributed by atoms with Gasteiger partial charge in [-0.1, -0.05) is 27.7 Å². The number of aromatic nitrogens is 2. The van der Waals surface area contributed by atoms with Gasteiger partial charge in [-0.25, -0.2) is 0 Å². The van der Waals surface area contributed by atoms with Gasteiger partial charge in [0.15, 0.2) is 5.96 Å². The number of hydrogen-bond acceptors (Lipinski definition) is 3. The second-order valence-electron chi connectivity index (χ2n) is 6.89. The zero-order chi connectivity index (χ0) is 18.8. The molecule has 1 N–H and O–H groups in total. The molecule has 0 saturated carbocycles. The third-order valence-corrected chi connectivity index (χ3v) is 4.25. The van der Waals surface area contributed by atoms with E-state index in [4.69, 9.17) is 4.99 Å². The second kappa shape index (κ2) is 11.1. The zero-order valence-electron chi connectivity index (χ0n) is 17.3. The molecule has 1 aromatic heterocycles. The lowest BCUT2D eigenvalue weighted by Crippen LogP contribution is -2.39. The van der Waals surface area contributed by atoms with Crippen molar-refractivity contribution in [3.63, 3.8) is 0 Å². The van der Waals surface area contributed by atoms with Gasteiger partial charge in [0.2, 0.25) is 0 Å². The molecule has 0 aliphatic carbocycles. The molecule has 6 nitrogen and oxygen atoms in total. The lowest BCUT2D eigenvalue weighted by molar-refractivity contribution is 0.296. The molecule has 0 saturated heterocycles. The highest BCUT2D eigenvalue weighted by molar-refractivity contribution is 5.79. The van der Waals surface area contributed by atoms with Crippen molar-refractivity contribution in [3.8, 4) is 0 Å². The smallest absolute Gasteiger partial charge is 0.194 e. The first-order chi connectivity index (χ1) is 11.9. The van der Waals surface area contributed by atoms with Gasteiger partial charge in [-0.3, -0.25) is 9.67 Å². The molecule has 0 atom stereocenters. The number of aliphatic imine (C=N–C) groups is 1. The fraction of sp³-hybridized carbons (Fsp3) is 0.789.